The van der Waals surface area contributed by atoms with Gasteiger partial charge in [0.05, 0.1) is 10.8 Å². The lowest BCUT2D eigenvalue weighted by Gasteiger charge is -2.49. The second kappa shape index (κ2) is 13.2. The largest absolute Gasteiger partial charge is 0.477 e. The van der Waals surface area contributed by atoms with E-state index in [2.05, 4.69) is 10.5 Å². The molecule has 4 rings (SSSR count). The summed E-state index contributed by atoms with van der Waals surface area (Å²) >= 11 is 16.0. The molecule has 2 atom stereocenters. The minimum atomic E-state index is -1.33. The van der Waals surface area contributed by atoms with Gasteiger partial charge in [0.25, 0.3) is 5.91 Å². The number of benzene rings is 1. The Morgan fingerprint density at radius 2 is 1.88 bits per heavy atom. The number of thioether (sulfide) groups is 3. The molecule has 40 heavy (non-hydrogen) atoms. The van der Waals surface area contributed by atoms with Crippen molar-refractivity contribution in [2.75, 3.05) is 17.3 Å². The van der Waals surface area contributed by atoms with Gasteiger partial charge in [0.1, 0.15) is 17.1 Å². The molecular weight excluding hydrogens is 623 g/mol. The second-order valence-electron chi connectivity index (χ2n) is 8.42. The molecule has 0 saturated carbocycles. The smallest absolute Gasteiger partial charge is 0.360 e. The lowest BCUT2D eigenvalue weighted by Crippen LogP contribution is -2.70. The molecule has 2 amide bonds. The monoisotopic (exact) mass is 643 g/mol. The maximum absolute atomic E-state index is 12.9. The van der Waals surface area contributed by atoms with E-state index in [9.17, 15) is 24.3 Å². The molecule has 4 N–H and O–H groups in total. The fourth-order valence-corrected chi connectivity index (χ4v) is 7.54. The number of carbonyl (C=O) groups is 4. The number of nitrogens with zero attached hydrogens (tertiary/aromatic N) is 3. The van der Waals surface area contributed by atoms with Crippen LogP contribution < -0.4 is 9.88 Å². The van der Waals surface area contributed by atoms with E-state index in [1.165, 1.54) is 44.8 Å². The molecule has 16 heteroatoms. The fourth-order valence-electron chi connectivity index (χ4n) is 3.87. The molecule has 0 radical (unpaired) electrons. The van der Waals surface area contributed by atoms with Crippen LogP contribution in [0.15, 0.2) is 68.9 Å². The van der Waals surface area contributed by atoms with Crippen LogP contribution in [0.4, 0.5) is 0 Å². The van der Waals surface area contributed by atoms with Gasteiger partial charge >= 0.3 is 11.9 Å². The lowest BCUT2D eigenvalue weighted by molar-refractivity contribution is -0.682. The van der Waals surface area contributed by atoms with Gasteiger partial charge in [-0.3, -0.25) is 14.5 Å². The molecule has 0 spiro atoms. The standard InChI is InChI=1S/C24H20Cl2N4O7S3/c25-13-1-2-15(26)17(7-13)39-11-18(31)27-19-21(32)30-20(24(35)36)12(10-40-22(19)30)9-38-14-3-5-29(6-4-14)8-16(28-37)23(33)34/h1-7,19,22H,8-11H2,(H3-,27,31,33,34,35,36,37)/p+1/t19-,22+/m0/s1. The molecule has 2 aromatic rings. The average Bonchev–Trinajstić information content (AvgIpc) is 2.93. The number of aromatic nitrogens is 1. The number of carbonyl (C=O) groups excluding carboxylic acids is 2. The minimum absolute atomic E-state index is 0.00619. The Hall–Kier alpha value is -2.91. The highest BCUT2D eigenvalue weighted by molar-refractivity contribution is 8.01. The number of hydrogen-bond acceptors (Lipinski definition) is 9. The van der Waals surface area contributed by atoms with Crippen LogP contribution in [0.1, 0.15) is 0 Å². The molecule has 0 unspecified atom stereocenters. The third kappa shape index (κ3) is 6.86. The van der Waals surface area contributed by atoms with E-state index >= 15 is 0 Å². The topological polar surface area (TPSA) is 160 Å². The Kier molecular flexibility index (Phi) is 9.90. The van der Waals surface area contributed by atoms with Crippen molar-refractivity contribution in [1.82, 2.24) is 10.2 Å². The van der Waals surface area contributed by atoms with Crippen molar-refractivity contribution in [3.63, 3.8) is 0 Å². The Morgan fingerprint density at radius 1 is 1.15 bits per heavy atom. The second-order valence-corrected chi connectivity index (χ2v) is 12.4. The van der Waals surface area contributed by atoms with Crippen LogP contribution in [0.5, 0.6) is 0 Å². The van der Waals surface area contributed by atoms with Gasteiger partial charge in [-0.05, 0) is 23.8 Å². The van der Waals surface area contributed by atoms with Crippen molar-refractivity contribution in [2.24, 2.45) is 5.16 Å². The zero-order chi connectivity index (χ0) is 29.0. The summed E-state index contributed by atoms with van der Waals surface area (Å²) in [5.41, 5.74) is 0.0665. The van der Waals surface area contributed by atoms with E-state index in [0.717, 1.165) is 4.90 Å². The quantitative estimate of drug-likeness (QED) is 0.0716. The van der Waals surface area contributed by atoms with Crippen molar-refractivity contribution in [2.45, 2.75) is 27.8 Å². The summed E-state index contributed by atoms with van der Waals surface area (Å²) in [6, 6.07) is 7.52. The number of pyridine rings is 1. The van der Waals surface area contributed by atoms with Gasteiger partial charge in [-0.15, -0.1) is 35.3 Å². The Balaban J connectivity index is 1.36. The molecule has 1 saturated heterocycles. The number of oxime groups is 1. The average molecular weight is 645 g/mol. The molecule has 11 nitrogen and oxygen atoms in total. The van der Waals surface area contributed by atoms with Crippen molar-refractivity contribution in [1.29, 1.82) is 0 Å². The summed E-state index contributed by atoms with van der Waals surface area (Å²) in [6.07, 6.45) is 3.22. The summed E-state index contributed by atoms with van der Waals surface area (Å²) in [4.78, 5) is 51.2. The van der Waals surface area contributed by atoms with E-state index in [0.29, 0.717) is 32.0 Å². The number of amides is 2. The normalized spacial score (nSPS) is 18.7. The zero-order valence-corrected chi connectivity index (χ0v) is 24.3. The number of carboxylic acids is 2. The first-order valence-corrected chi connectivity index (χ1v) is 15.2. The first kappa shape index (κ1) is 30.1. The number of rotatable bonds is 11. The van der Waals surface area contributed by atoms with Crippen LogP contribution in [-0.2, 0) is 25.7 Å². The van der Waals surface area contributed by atoms with Gasteiger partial charge in [0, 0.05) is 38.5 Å². The van der Waals surface area contributed by atoms with Crippen LogP contribution in [0.2, 0.25) is 10.0 Å². The van der Waals surface area contributed by atoms with Crippen LogP contribution in [0.25, 0.3) is 0 Å². The van der Waals surface area contributed by atoms with Gasteiger partial charge in [-0.1, -0.05) is 28.4 Å². The molecule has 1 aromatic carbocycles. The highest BCUT2D eigenvalue weighted by Gasteiger charge is 2.54. The number of hydrogen-bond donors (Lipinski definition) is 4. The van der Waals surface area contributed by atoms with Gasteiger partial charge < -0.3 is 20.7 Å². The number of fused-ring (bicyclic) bond motifs is 1. The van der Waals surface area contributed by atoms with Crippen LogP contribution in [0.3, 0.4) is 0 Å². The first-order chi connectivity index (χ1) is 19.1. The Bertz CT molecular complexity index is 1420. The van der Waals surface area contributed by atoms with Gasteiger partial charge in [-0.2, -0.15) is 4.57 Å². The molecule has 0 aliphatic carbocycles. The van der Waals surface area contributed by atoms with E-state index in [1.807, 2.05) is 0 Å². The SMILES string of the molecule is O=C(CSc1cc(Cl)ccc1Cl)N[C@H]1C(=O)N2C(C(=O)O)=C(CSc3cc[n+](CC(=NO)C(=O)O)cc3)CS[C@H]12. The molecule has 2 aliphatic rings. The maximum atomic E-state index is 12.9. The Labute approximate surface area is 250 Å². The maximum Gasteiger partial charge on any atom is 0.360 e. The predicted molar refractivity (Wildman–Crippen MR) is 151 cm³/mol. The molecule has 3 heterocycles. The third-order valence-electron chi connectivity index (χ3n) is 5.79. The summed E-state index contributed by atoms with van der Waals surface area (Å²) < 4.78 is 1.52. The van der Waals surface area contributed by atoms with Gasteiger partial charge in [-0.25, -0.2) is 9.59 Å². The first-order valence-electron chi connectivity index (χ1n) is 11.4. The number of β-lactam (4-membered cyclic amide) rings is 1. The highest BCUT2D eigenvalue weighted by Crippen LogP contribution is 2.41. The van der Waals surface area contributed by atoms with Gasteiger partial charge in [0.2, 0.25) is 18.2 Å². The van der Waals surface area contributed by atoms with Crippen molar-refractivity contribution in [3.8, 4) is 0 Å². The summed E-state index contributed by atoms with van der Waals surface area (Å²) in [7, 11) is 0. The highest BCUT2D eigenvalue weighted by atomic mass is 35.5. The van der Waals surface area contributed by atoms with E-state index < -0.39 is 35.0 Å². The van der Waals surface area contributed by atoms with E-state index in [1.54, 1.807) is 42.7 Å². The number of halogens is 2. The molecule has 0 bridgehead atoms. The molecule has 1 aromatic heterocycles. The summed E-state index contributed by atoms with van der Waals surface area (Å²) in [6.45, 7) is -0.134. The molecular formula is C24H21Cl2N4O7S3+. The van der Waals surface area contributed by atoms with Crippen LogP contribution >= 0.6 is 58.5 Å². The zero-order valence-electron chi connectivity index (χ0n) is 20.3. The number of nitrogens with one attached hydrogen (secondary N) is 1. The summed E-state index contributed by atoms with van der Waals surface area (Å²) in [5, 5.41) is 33.5. The van der Waals surface area contributed by atoms with Crippen molar-refractivity contribution < 1.29 is 39.2 Å². The van der Waals surface area contributed by atoms with E-state index in [-0.39, 0.29) is 23.9 Å². The van der Waals surface area contributed by atoms with Crippen molar-refractivity contribution in [3.05, 3.63) is 64.0 Å². The number of carboxylic acid groups (broad SMARTS) is 2. The lowest BCUT2D eigenvalue weighted by atomic mass is 10.0. The molecule has 1 fully saturated rings. The third-order valence-corrected chi connectivity index (χ3v) is 9.96. The molecule has 210 valence electrons. The van der Waals surface area contributed by atoms with Gasteiger partial charge in [0.15, 0.2) is 12.4 Å². The van der Waals surface area contributed by atoms with Crippen molar-refractivity contribution >= 4 is 88.0 Å². The van der Waals surface area contributed by atoms with Crippen LogP contribution in [0, 0.1) is 0 Å². The summed E-state index contributed by atoms with van der Waals surface area (Å²) in [5.74, 6) is -2.75. The van der Waals surface area contributed by atoms with E-state index in [4.69, 9.17) is 33.5 Å². The predicted octanol–water partition coefficient (Wildman–Crippen LogP) is 2.82. The molecule has 2 aliphatic heterocycles. The number of aliphatic carboxylic acids is 2. The Morgan fingerprint density at radius 3 is 2.52 bits per heavy atom. The van der Waals surface area contributed by atoms with Crippen LogP contribution in [-0.4, -0.2) is 78.5 Å². The minimum Gasteiger partial charge on any atom is -0.477 e. The fraction of sp³-hybridized carbons (Fsp3) is 0.250.